The molecule has 2 rings (SSSR count). The van der Waals surface area contributed by atoms with Gasteiger partial charge in [-0.05, 0) is 24.3 Å². The van der Waals surface area contributed by atoms with Crippen molar-refractivity contribution in [3.05, 3.63) is 28.7 Å². The Morgan fingerprint density at radius 2 is 2.07 bits per heavy atom. The number of pyridine rings is 1. The van der Waals surface area contributed by atoms with Gasteiger partial charge in [-0.15, -0.1) is 0 Å². The van der Waals surface area contributed by atoms with Crippen LogP contribution < -0.4 is 10.1 Å². The fraction of sp³-hybridized carbons (Fsp3) is 0.182. The van der Waals surface area contributed by atoms with Crippen molar-refractivity contribution >= 4 is 32.7 Å². The molecule has 4 heteroatoms. The van der Waals surface area contributed by atoms with Crippen LogP contribution in [0.25, 0.3) is 10.9 Å². The molecule has 0 fully saturated rings. The minimum atomic E-state index is 0.783. The molecular formula is C11H11BrN2O. The highest BCUT2D eigenvalue weighted by Gasteiger charge is 2.06. The summed E-state index contributed by atoms with van der Waals surface area (Å²) in [4.78, 5) is 4.46. The number of hydrogen-bond donors (Lipinski definition) is 1. The smallest absolute Gasteiger partial charge is 0.145 e. The monoisotopic (exact) mass is 266 g/mol. The number of benzene rings is 1. The lowest BCUT2D eigenvalue weighted by molar-refractivity contribution is 0.419. The van der Waals surface area contributed by atoms with E-state index in [-0.39, 0.29) is 0 Å². The van der Waals surface area contributed by atoms with Gasteiger partial charge < -0.3 is 10.1 Å². The van der Waals surface area contributed by atoms with Gasteiger partial charge >= 0.3 is 0 Å². The van der Waals surface area contributed by atoms with E-state index in [1.807, 2.05) is 31.3 Å². The highest BCUT2D eigenvalue weighted by atomic mass is 79.9. The Labute approximate surface area is 96.6 Å². The summed E-state index contributed by atoms with van der Waals surface area (Å²) < 4.78 is 6.29. The number of rotatable bonds is 2. The molecule has 15 heavy (non-hydrogen) atoms. The Hall–Kier alpha value is -1.29. The zero-order chi connectivity index (χ0) is 10.8. The molecule has 0 amide bonds. The second-order valence-electron chi connectivity index (χ2n) is 3.09. The van der Waals surface area contributed by atoms with Crippen LogP contribution in [0.1, 0.15) is 0 Å². The van der Waals surface area contributed by atoms with E-state index in [4.69, 9.17) is 4.74 Å². The molecule has 1 aromatic heterocycles. The first kappa shape index (κ1) is 10.2. The molecule has 0 atom stereocenters. The summed E-state index contributed by atoms with van der Waals surface area (Å²) in [6.07, 6.45) is 0. The van der Waals surface area contributed by atoms with E-state index in [1.54, 1.807) is 7.11 Å². The zero-order valence-corrected chi connectivity index (χ0v) is 10.1. The minimum Gasteiger partial charge on any atom is -0.494 e. The van der Waals surface area contributed by atoms with Crippen LogP contribution in [-0.4, -0.2) is 19.1 Å². The van der Waals surface area contributed by atoms with E-state index >= 15 is 0 Å². The van der Waals surface area contributed by atoms with Gasteiger partial charge in [0.1, 0.15) is 17.1 Å². The first-order chi connectivity index (χ1) is 7.26. The van der Waals surface area contributed by atoms with Crippen molar-refractivity contribution in [1.29, 1.82) is 0 Å². The van der Waals surface area contributed by atoms with Crippen molar-refractivity contribution in [2.75, 3.05) is 19.5 Å². The van der Waals surface area contributed by atoms with E-state index in [0.29, 0.717) is 0 Å². The molecule has 0 bridgehead atoms. The number of nitrogens with one attached hydrogen (secondary N) is 1. The van der Waals surface area contributed by atoms with Crippen molar-refractivity contribution in [2.45, 2.75) is 0 Å². The zero-order valence-electron chi connectivity index (χ0n) is 8.54. The van der Waals surface area contributed by atoms with Gasteiger partial charge in [0.25, 0.3) is 0 Å². The summed E-state index contributed by atoms with van der Waals surface area (Å²) in [6, 6.07) is 7.81. The van der Waals surface area contributed by atoms with Gasteiger partial charge in [-0.25, -0.2) is 4.98 Å². The van der Waals surface area contributed by atoms with E-state index in [0.717, 1.165) is 26.9 Å². The summed E-state index contributed by atoms with van der Waals surface area (Å²) in [7, 11) is 3.50. The van der Waals surface area contributed by atoms with Crippen molar-refractivity contribution < 1.29 is 4.74 Å². The molecular weight excluding hydrogens is 256 g/mol. The molecule has 1 aromatic carbocycles. The van der Waals surface area contributed by atoms with Crippen LogP contribution in [-0.2, 0) is 0 Å². The van der Waals surface area contributed by atoms with E-state index in [2.05, 4.69) is 26.2 Å². The minimum absolute atomic E-state index is 0.783. The molecule has 78 valence electrons. The fourth-order valence-electron chi connectivity index (χ4n) is 1.46. The first-order valence-corrected chi connectivity index (χ1v) is 5.36. The molecule has 0 saturated heterocycles. The van der Waals surface area contributed by atoms with Crippen molar-refractivity contribution in [3.63, 3.8) is 0 Å². The lowest BCUT2D eigenvalue weighted by Crippen LogP contribution is -1.94. The van der Waals surface area contributed by atoms with Crippen LogP contribution in [0.5, 0.6) is 5.75 Å². The highest BCUT2D eigenvalue weighted by molar-refractivity contribution is 9.10. The number of methoxy groups -OCH3 is 1. The van der Waals surface area contributed by atoms with Gasteiger partial charge in [-0.3, -0.25) is 0 Å². The molecule has 1 N–H and O–H groups in total. The van der Waals surface area contributed by atoms with Gasteiger partial charge in [-0.2, -0.15) is 0 Å². The van der Waals surface area contributed by atoms with Crippen LogP contribution in [0.4, 0.5) is 5.82 Å². The fourth-order valence-corrected chi connectivity index (χ4v) is 1.91. The summed E-state index contributed by atoms with van der Waals surface area (Å²) in [5.41, 5.74) is 0.860. The highest BCUT2D eigenvalue weighted by Crippen LogP contribution is 2.30. The van der Waals surface area contributed by atoms with Gasteiger partial charge in [0.15, 0.2) is 0 Å². The average Bonchev–Trinajstić information content (AvgIpc) is 2.29. The number of nitrogens with zero attached hydrogens (tertiary/aromatic N) is 1. The third-order valence-corrected chi connectivity index (χ3v) is 2.93. The number of hydrogen-bond acceptors (Lipinski definition) is 3. The summed E-state index contributed by atoms with van der Waals surface area (Å²) in [5.74, 6) is 1.62. The van der Waals surface area contributed by atoms with Crippen LogP contribution in [0.2, 0.25) is 0 Å². The van der Waals surface area contributed by atoms with Gasteiger partial charge in [0.05, 0.1) is 7.11 Å². The average molecular weight is 267 g/mol. The Kier molecular flexibility index (Phi) is 2.77. The summed E-state index contributed by atoms with van der Waals surface area (Å²) >= 11 is 3.49. The van der Waals surface area contributed by atoms with Gasteiger partial charge in [0.2, 0.25) is 0 Å². The Balaban J connectivity index is 2.77. The van der Waals surface area contributed by atoms with E-state index < -0.39 is 0 Å². The van der Waals surface area contributed by atoms with Gasteiger partial charge in [-0.1, -0.05) is 15.9 Å². The maximum atomic E-state index is 5.27. The van der Waals surface area contributed by atoms with Crippen LogP contribution in [0, 0.1) is 0 Å². The van der Waals surface area contributed by atoms with Crippen molar-refractivity contribution in [1.82, 2.24) is 4.98 Å². The third-order valence-electron chi connectivity index (χ3n) is 2.24. The standard InChI is InChI=1S/C11H11BrN2O/c1-13-10-6-3-7-8(12)4-5-9(15-2)11(7)14-10/h3-6H,1-2H3,(H,13,14). The Morgan fingerprint density at radius 1 is 1.27 bits per heavy atom. The predicted molar refractivity (Wildman–Crippen MR) is 65.5 cm³/mol. The number of anilines is 1. The number of aromatic nitrogens is 1. The second-order valence-corrected chi connectivity index (χ2v) is 3.95. The summed E-state index contributed by atoms with van der Waals surface area (Å²) in [5, 5.41) is 4.06. The molecule has 0 saturated carbocycles. The third kappa shape index (κ3) is 1.77. The maximum absolute atomic E-state index is 5.27. The molecule has 3 nitrogen and oxygen atoms in total. The van der Waals surface area contributed by atoms with Crippen LogP contribution in [0.3, 0.4) is 0 Å². The van der Waals surface area contributed by atoms with Crippen molar-refractivity contribution in [3.8, 4) is 5.75 Å². The first-order valence-electron chi connectivity index (χ1n) is 4.57. The SMILES string of the molecule is CNc1ccc2c(Br)ccc(OC)c2n1. The number of halogens is 1. The number of fused-ring (bicyclic) bond motifs is 1. The lowest BCUT2D eigenvalue weighted by atomic mass is 10.2. The van der Waals surface area contributed by atoms with E-state index in [9.17, 15) is 0 Å². The molecule has 2 aromatic rings. The molecule has 0 spiro atoms. The molecule has 0 radical (unpaired) electrons. The van der Waals surface area contributed by atoms with Crippen LogP contribution in [0.15, 0.2) is 28.7 Å². The lowest BCUT2D eigenvalue weighted by Gasteiger charge is -2.07. The largest absolute Gasteiger partial charge is 0.494 e. The summed E-state index contributed by atoms with van der Waals surface area (Å²) in [6.45, 7) is 0. The quantitative estimate of drug-likeness (QED) is 0.908. The molecule has 0 aliphatic rings. The Bertz CT molecular complexity index is 499. The molecule has 0 unspecified atom stereocenters. The van der Waals surface area contributed by atoms with Crippen LogP contribution >= 0.6 is 15.9 Å². The molecule has 0 aliphatic carbocycles. The molecule has 0 aliphatic heterocycles. The normalized spacial score (nSPS) is 10.3. The van der Waals surface area contributed by atoms with E-state index in [1.165, 1.54) is 0 Å². The molecule has 1 heterocycles. The second kappa shape index (κ2) is 4.06. The predicted octanol–water partition coefficient (Wildman–Crippen LogP) is 3.05. The van der Waals surface area contributed by atoms with Crippen molar-refractivity contribution in [2.24, 2.45) is 0 Å². The maximum Gasteiger partial charge on any atom is 0.145 e. The Morgan fingerprint density at radius 3 is 2.73 bits per heavy atom. The van der Waals surface area contributed by atoms with Gasteiger partial charge in [0, 0.05) is 16.9 Å². The topological polar surface area (TPSA) is 34.1 Å². The number of ether oxygens (including phenoxy) is 1.